The van der Waals surface area contributed by atoms with Crippen LogP contribution >= 0.6 is 11.3 Å². The van der Waals surface area contributed by atoms with Crippen molar-refractivity contribution in [3.63, 3.8) is 0 Å². The summed E-state index contributed by atoms with van der Waals surface area (Å²) in [5.74, 6) is 0.978. The van der Waals surface area contributed by atoms with Gasteiger partial charge in [-0.25, -0.2) is 4.98 Å². The summed E-state index contributed by atoms with van der Waals surface area (Å²) in [7, 11) is 1.63. The van der Waals surface area contributed by atoms with E-state index in [1.165, 1.54) is 11.3 Å². The number of amides is 1. The highest BCUT2D eigenvalue weighted by molar-refractivity contribution is 7.22. The molecule has 1 heterocycles. The van der Waals surface area contributed by atoms with E-state index in [9.17, 15) is 4.79 Å². The lowest BCUT2D eigenvalue weighted by atomic mass is 10.0. The third-order valence-electron chi connectivity index (χ3n) is 3.23. The number of anilines is 1. The molecule has 0 aliphatic rings. The summed E-state index contributed by atoms with van der Waals surface area (Å²) >= 11 is 1.44. The summed E-state index contributed by atoms with van der Waals surface area (Å²) < 4.78 is 6.16. The molecule has 5 nitrogen and oxygen atoms in total. The molecular weight excluding hydrogens is 274 g/mol. The Kier molecular flexibility index (Phi) is 4.92. The van der Waals surface area contributed by atoms with Crippen LogP contribution in [0, 0.1) is 5.92 Å². The molecule has 0 bridgehead atoms. The van der Waals surface area contributed by atoms with E-state index in [2.05, 4.69) is 10.3 Å². The Labute approximate surface area is 122 Å². The summed E-state index contributed by atoms with van der Waals surface area (Å²) in [6.07, 6.45) is 1.34. The lowest BCUT2D eigenvalue weighted by Gasteiger charge is -2.10. The van der Waals surface area contributed by atoms with Crippen molar-refractivity contribution in [2.75, 3.05) is 19.0 Å². The van der Waals surface area contributed by atoms with Gasteiger partial charge in [-0.05, 0) is 30.7 Å². The van der Waals surface area contributed by atoms with Crippen molar-refractivity contribution in [1.29, 1.82) is 0 Å². The van der Waals surface area contributed by atoms with E-state index >= 15 is 0 Å². The first-order valence-electron chi connectivity index (χ1n) is 6.60. The number of carbonyl (C=O) groups excluding carboxylic acids is 1. The highest BCUT2D eigenvalue weighted by atomic mass is 32.1. The van der Waals surface area contributed by atoms with E-state index in [-0.39, 0.29) is 11.8 Å². The van der Waals surface area contributed by atoms with E-state index in [4.69, 9.17) is 10.5 Å². The third-order valence-corrected chi connectivity index (χ3v) is 4.16. The predicted octanol–water partition coefficient (Wildman–Crippen LogP) is 2.62. The maximum atomic E-state index is 11.9. The zero-order valence-corrected chi connectivity index (χ0v) is 12.5. The van der Waals surface area contributed by atoms with Gasteiger partial charge in [0, 0.05) is 6.42 Å². The maximum Gasteiger partial charge on any atom is 0.226 e. The molecule has 108 valence electrons. The number of nitrogens with two attached hydrogens (primary N) is 1. The van der Waals surface area contributed by atoms with Gasteiger partial charge in [0.25, 0.3) is 0 Å². The highest BCUT2D eigenvalue weighted by Gasteiger charge is 2.13. The predicted molar refractivity (Wildman–Crippen MR) is 82.3 cm³/mol. The number of carbonyl (C=O) groups is 1. The number of ether oxygens (including phenoxy) is 1. The first-order chi connectivity index (χ1) is 9.66. The van der Waals surface area contributed by atoms with Gasteiger partial charge in [-0.15, -0.1) is 0 Å². The van der Waals surface area contributed by atoms with Crippen LogP contribution in [0.3, 0.4) is 0 Å². The van der Waals surface area contributed by atoms with Crippen molar-refractivity contribution in [1.82, 2.24) is 4.98 Å². The Morgan fingerprint density at radius 3 is 3.00 bits per heavy atom. The Balaban J connectivity index is 2.08. The van der Waals surface area contributed by atoms with E-state index in [0.29, 0.717) is 18.1 Å². The van der Waals surface area contributed by atoms with Gasteiger partial charge in [-0.2, -0.15) is 0 Å². The molecule has 1 atom stereocenters. The quantitative estimate of drug-likeness (QED) is 0.858. The number of benzene rings is 1. The summed E-state index contributed by atoms with van der Waals surface area (Å²) in [6.45, 7) is 2.57. The molecule has 1 unspecified atom stereocenters. The molecule has 0 spiro atoms. The van der Waals surface area contributed by atoms with Crippen LogP contribution in [-0.4, -0.2) is 24.5 Å². The van der Waals surface area contributed by atoms with Crippen LogP contribution in [0.2, 0.25) is 0 Å². The van der Waals surface area contributed by atoms with Crippen molar-refractivity contribution < 1.29 is 9.53 Å². The van der Waals surface area contributed by atoms with Gasteiger partial charge in [0.2, 0.25) is 5.91 Å². The van der Waals surface area contributed by atoms with Crippen LogP contribution in [0.25, 0.3) is 10.2 Å². The minimum Gasteiger partial charge on any atom is -0.497 e. The van der Waals surface area contributed by atoms with E-state index in [1.807, 2.05) is 25.1 Å². The summed E-state index contributed by atoms with van der Waals surface area (Å²) in [4.78, 5) is 16.3. The maximum absolute atomic E-state index is 11.9. The van der Waals surface area contributed by atoms with Crippen LogP contribution in [0.15, 0.2) is 18.2 Å². The van der Waals surface area contributed by atoms with Crippen molar-refractivity contribution in [3.8, 4) is 5.75 Å². The molecule has 1 amide bonds. The highest BCUT2D eigenvalue weighted by Crippen LogP contribution is 2.29. The molecule has 1 aromatic carbocycles. The normalized spacial score (nSPS) is 12.3. The number of hydrogen-bond acceptors (Lipinski definition) is 5. The van der Waals surface area contributed by atoms with E-state index in [0.717, 1.165) is 22.4 Å². The number of thiazole rings is 1. The summed E-state index contributed by atoms with van der Waals surface area (Å²) in [5, 5.41) is 3.46. The van der Waals surface area contributed by atoms with Crippen LogP contribution in [0.1, 0.15) is 19.8 Å². The molecule has 0 fully saturated rings. The van der Waals surface area contributed by atoms with Gasteiger partial charge < -0.3 is 15.8 Å². The monoisotopic (exact) mass is 293 g/mol. The van der Waals surface area contributed by atoms with Crippen LogP contribution in [0.5, 0.6) is 5.75 Å². The van der Waals surface area contributed by atoms with Crippen molar-refractivity contribution in [3.05, 3.63) is 18.2 Å². The Morgan fingerprint density at radius 2 is 2.35 bits per heavy atom. The molecular formula is C14H19N3O2S. The van der Waals surface area contributed by atoms with Gasteiger partial charge in [-0.1, -0.05) is 24.7 Å². The standard InChI is InChI=1S/C14H19N3O2S/c1-3-9(8-15)6-13(18)17-14-16-11-5-4-10(19-2)7-12(11)20-14/h4-5,7,9H,3,6,8,15H2,1-2H3,(H,16,17,18). The molecule has 0 aliphatic carbocycles. The number of methoxy groups -OCH3 is 1. The van der Waals surface area contributed by atoms with Crippen molar-refractivity contribution in [2.45, 2.75) is 19.8 Å². The first kappa shape index (κ1) is 14.7. The van der Waals surface area contributed by atoms with Crippen LogP contribution in [0.4, 0.5) is 5.13 Å². The third kappa shape index (κ3) is 3.46. The zero-order valence-electron chi connectivity index (χ0n) is 11.7. The average Bonchev–Trinajstić information content (AvgIpc) is 2.85. The smallest absolute Gasteiger partial charge is 0.226 e. The lowest BCUT2D eigenvalue weighted by molar-refractivity contribution is -0.117. The number of fused-ring (bicyclic) bond motifs is 1. The fourth-order valence-corrected chi connectivity index (χ4v) is 2.82. The first-order valence-corrected chi connectivity index (χ1v) is 7.42. The minimum absolute atomic E-state index is 0.0340. The largest absolute Gasteiger partial charge is 0.497 e. The van der Waals surface area contributed by atoms with Gasteiger partial charge in [-0.3, -0.25) is 4.79 Å². The second-order valence-electron chi connectivity index (χ2n) is 4.61. The van der Waals surface area contributed by atoms with Crippen molar-refractivity contribution >= 4 is 32.6 Å². The number of aromatic nitrogens is 1. The Bertz CT molecular complexity index is 593. The van der Waals surface area contributed by atoms with Gasteiger partial charge in [0.15, 0.2) is 5.13 Å². The molecule has 0 radical (unpaired) electrons. The molecule has 0 saturated carbocycles. The fraction of sp³-hybridized carbons (Fsp3) is 0.429. The topological polar surface area (TPSA) is 77.2 Å². The Hall–Kier alpha value is -1.66. The van der Waals surface area contributed by atoms with E-state index in [1.54, 1.807) is 7.11 Å². The molecule has 0 saturated heterocycles. The molecule has 2 rings (SSSR count). The van der Waals surface area contributed by atoms with Gasteiger partial charge in [0.1, 0.15) is 5.75 Å². The SMILES string of the molecule is CCC(CN)CC(=O)Nc1nc2ccc(OC)cc2s1. The summed E-state index contributed by atoms with van der Waals surface area (Å²) in [5.41, 5.74) is 6.47. The number of hydrogen-bond donors (Lipinski definition) is 2. The molecule has 2 aromatic rings. The molecule has 6 heteroatoms. The zero-order chi connectivity index (χ0) is 14.5. The molecule has 3 N–H and O–H groups in total. The van der Waals surface area contributed by atoms with Gasteiger partial charge >= 0.3 is 0 Å². The molecule has 0 aliphatic heterocycles. The Morgan fingerprint density at radius 1 is 1.55 bits per heavy atom. The number of nitrogens with zero attached hydrogens (tertiary/aromatic N) is 1. The number of nitrogens with one attached hydrogen (secondary N) is 1. The second-order valence-corrected chi connectivity index (χ2v) is 5.65. The second kappa shape index (κ2) is 6.67. The van der Waals surface area contributed by atoms with Gasteiger partial charge in [0.05, 0.1) is 17.3 Å². The van der Waals surface area contributed by atoms with Crippen molar-refractivity contribution in [2.24, 2.45) is 11.7 Å². The minimum atomic E-state index is -0.0340. The fourth-order valence-electron chi connectivity index (χ4n) is 1.91. The van der Waals surface area contributed by atoms with Crippen LogP contribution in [-0.2, 0) is 4.79 Å². The molecule has 20 heavy (non-hydrogen) atoms. The van der Waals surface area contributed by atoms with E-state index < -0.39 is 0 Å². The van der Waals surface area contributed by atoms with Crippen LogP contribution < -0.4 is 15.8 Å². The summed E-state index contributed by atoms with van der Waals surface area (Å²) in [6, 6.07) is 5.65. The lowest BCUT2D eigenvalue weighted by Crippen LogP contribution is -2.21. The average molecular weight is 293 g/mol. The number of rotatable bonds is 6. The molecule has 1 aromatic heterocycles.